The van der Waals surface area contributed by atoms with Crippen LogP contribution in [0.2, 0.25) is 5.02 Å². The quantitative estimate of drug-likeness (QED) is 0.272. The minimum Gasteiger partial charge on any atom is -0.495 e. The van der Waals surface area contributed by atoms with Gasteiger partial charge in [-0.2, -0.15) is 4.72 Å². The van der Waals surface area contributed by atoms with Gasteiger partial charge in [0.2, 0.25) is 15.9 Å². The number of ether oxygens (including phenoxy) is 2. The van der Waals surface area contributed by atoms with Crippen molar-refractivity contribution in [2.24, 2.45) is 0 Å². The lowest BCUT2D eigenvalue weighted by Crippen LogP contribution is -2.45. The molecule has 4 rings (SSSR count). The Morgan fingerprint density at radius 2 is 1.49 bits per heavy atom. The van der Waals surface area contributed by atoms with E-state index >= 15 is 0 Å². The van der Waals surface area contributed by atoms with E-state index in [2.05, 4.69) is 10.0 Å². The predicted molar refractivity (Wildman–Crippen MR) is 144 cm³/mol. The summed E-state index contributed by atoms with van der Waals surface area (Å²) in [7, 11) is -2.80. The second-order valence-electron chi connectivity index (χ2n) is 8.09. The highest BCUT2D eigenvalue weighted by Gasteiger charge is 2.28. The number of rotatable bonds is 10. The van der Waals surface area contributed by atoms with Crippen LogP contribution < -0.4 is 19.5 Å². The number of carbonyl (C=O) groups is 1. The monoisotopic (exact) mass is 536 g/mol. The maximum atomic E-state index is 13.3. The fraction of sp³-hybridized carbons (Fsp3) is 0.107. The Labute approximate surface area is 221 Å². The van der Waals surface area contributed by atoms with E-state index in [1.165, 1.54) is 25.3 Å². The van der Waals surface area contributed by atoms with Crippen LogP contribution in [0, 0.1) is 0 Å². The SMILES string of the molecule is COc1ccc(Cl)cc1S(=O)(=O)N[C@H](Cc1ccccc1)C(=O)Nc1ccc(Oc2ccccc2)cc1. The molecule has 0 bridgehead atoms. The van der Waals surface area contributed by atoms with E-state index in [4.69, 9.17) is 21.1 Å². The number of methoxy groups -OCH3 is 1. The average Bonchev–Trinajstić information content (AvgIpc) is 2.90. The summed E-state index contributed by atoms with van der Waals surface area (Å²) in [6, 6.07) is 28.4. The van der Waals surface area contributed by atoms with Gasteiger partial charge in [-0.15, -0.1) is 0 Å². The average molecular weight is 537 g/mol. The number of amides is 1. The van der Waals surface area contributed by atoms with E-state index in [0.29, 0.717) is 17.2 Å². The zero-order valence-electron chi connectivity index (χ0n) is 19.9. The summed E-state index contributed by atoms with van der Waals surface area (Å²) < 4.78 is 40.1. The van der Waals surface area contributed by atoms with Gasteiger partial charge in [0.05, 0.1) is 7.11 Å². The van der Waals surface area contributed by atoms with Crippen molar-refractivity contribution in [2.45, 2.75) is 17.4 Å². The molecule has 0 aliphatic rings. The van der Waals surface area contributed by atoms with E-state index in [0.717, 1.165) is 5.56 Å². The summed E-state index contributed by atoms with van der Waals surface area (Å²) in [6.45, 7) is 0. The summed E-state index contributed by atoms with van der Waals surface area (Å²) in [5.74, 6) is 0.877. The number of carbonyl (C=O) groups excluding carboxylic acids is 1. The van der Waals surface area contributed by atoms with Crippen molar-refractivity contribution in [1.82, 2.24) is 4.72 Å². The topological polar surface area (TPSA) is 93.7 Å². The van der Waals surface area contributed by atoms with Crippen LogP contribution in [0.4, 0.5) is 5.69 Å². The molecule has 190 valence electrons. The van der Waals surface area contributed by atoms with Crippen LogP contribution in [0.1, 0.15) is 5.56 Å². The van der Waals surface area contributed by atoms with Crippen LogP contribution in [0.5, 0.6) is 17.2 Å². The van der Waals surface area contributed by atoms with Crippen molar-refractivity contribution in [3.63, 3.8) is 0 Å². The molecule has 0 heterocycles. The van der Waals surface area contributed by atoms with Crippen molar-refractivity contribution < 1.29 is 22.7 Å². The highest BCUT2D eigenvalue weighted by atomic mass is 35.5. The van der Waals surface area contributed by atoms with Crippen molar-refractivity contribution in [2.75, 3.05) is 12.4 Å². The first-order chi connectivity index (χ1) is 17.8. The number of benzene rings is 4. The molecule has 4 aromatic rings. The van der Waals surface area contributed by atoms with Gasteiger partial charge in [0.15, 0.2) is 0 Å². The standard InChI is InChI=1S/C28H25ClN2O5S/c1-35-26-17-12-21(29)19-27(26)37(33,34)31-25(18-20-8-4-2-5-9-20)28(32)30-22-13-15-24(16-14-22)36-23-10-6-3-7-11-23/h2-17,19,25,31H,18H2,1H3,(H,30,32)/t25-/m1/s1. The molecule has 0 aromatic heterocycles. The van der Waals surface area contributed by atoms with Crippen LogP contribution in [-0.2, 0) is 21.2 Å². The number of halogens is 1. The zero-order chi connectivity index (χ0) is 26.3. The van der Waals surface area contributed by atoms with E-state index in [1.54, 1.807) is 24.3 Å². The molecule has 0 saturated carbocycles. The third-order valence-corrected chi connectivity index (χ3v) is 7.14. The Morgan fingerprint density at radius 3 is 2.14 bits per heavy atom. The molecular formula is C28H25ClN2O5S. The zero-order valence-corrected chi connectivity index (χ0v) is 21.5. The first kappa shape index (κ1) is 26.2. The summed E-state index contributed by atoms with van der Waals surface area (Å²) in [6.07, 6.45) is 0.129. The molecule has 2 N–H and O–H groups in total. The number of hydrogen-bond acceptors (Lipinski definition) is 5. The minimum atomic E-state index is -4.16. The predicted octanol–water partition coefficient (Wildman–Crippen LogP) is 5.67. The van der Waals surface area contributed by atoms with Gasteiger partial charge in [-0.3, -0.25) is 4.79 Å². The maximum absolute atomic E-state index is 13.3. The van der Waals surface area contributed by atoms with E-state index in [-0.39, 0.29) is 22.1 Å². The Bertz CT molecular complexity index is 1450. The molecule has 37 heavy (non-hydrogen) atoms. The van der Waals surface area contributed by atoms with Gasteiger partial charge in [-0.1, -0.05) is 60.1 Å². The second kappa shape index (κ2) is 11.9. The van der Waals surface area contributed by atoms with Crippen LogP contribution >= 0.6 is 11.6 Å². The molecule has 0 aliphatic carbocycles. The third-order valence-electron chi connectivity index (χ3n) is 5.41. The van der Waals surface area contributed by atoms with Crippen molar-refractivity contribution in [1.29, 1.82) is 0 Å². The van der Waals surface area contributed by atoms with Crippen molar-refractivity contribution in [3.8, 4) is 17.2 Å². The molecule has 0 aliphatic heterocycles. The minimum absolute atomic E-state index is 0.116. The Balaban J connectivity index is 1.54. The number of hydrogen-bond donors (Lipinski definition) is 2. The first-order valence-corrected chi connectivity index (χ1v) is 13.2. The molecular weight excluding hydrogens is 512 g/mol. The maximum Gasteiger partial charge on any atom is 0.245 e. The smallest absolute Gasteiger partial charge is 0.245 e. The Hall–Kier alpha value is -3.85. The Morgan fingerprint density at radius 1 is 0.865 bits per heavy atom. The molecule has 7 nitrogen and oxygen atoms in total. The molecule has 0 saturated heterocycles. The molecule has 0 radical (unpaired) electrons. The normalized spacial score (nSPS) is 11.9. The van der Waals surface area contributed by atoms with Gasteiger partial charge in [-0.25, -0.2) is 8.42 Å². The fourth-order valence-corrected chi connectivity index (χ4v) is 5.24. The number of nitrogens with one attached hydrogen (secondary N) is 2. The van der Waals surface area contributed by atoms with Crippen molar-refractivity contribution >= 4 is 33.2 Å². The number of sulfonamides is 1. The van der Waals surface area contributed by atoms with Crippen LogP contribution in [0.25, 0.3) is 0 Å². The lowest BCUT2D eigenvalue weighted by molar-refractivity contribution is -0.117. The molecule has 0 fully saturated rings. The fourth-order valence-electron chi connectivity index (χ4n) is 3.61. The first-order valence-electron chi connectivity index (χ1n) is 11.4. The van der Waals surface area contributed by atoms with Crippen LogP contribution in [0.3, 0.4) is 0 Å². The molecule has 9 heteroatoms. The van der Waals surface area contributed by atoms with Gasteiger partial charge < -0.3 is 14.8 Å². The van der Waals surface area contributed by atoms with E-state index in [1.807, 2.05) is 60.7 Å². The lowest BCUT2D eigenvalue weighted by atomic mass is 10.1. The second-order valence-corrected chi connectivity index (χ2v) is 10.2. The van der Waals surface area contributed by atoms with Gasteiger partial charge in [0, 0.05) is 10.7 Å². The molecule has 0 spiro atoms. The summed E-state index contributed by atoms with van der Waals surface area (Å²) >= 11 is 6.04. The van der Waals surface area contributed by atoms with Crippen LogP contribution in [0.15, 0.2) is 108 Å². The largest absolute Gasteiger partial charge is 0.495 e. The highest BCUT2D eigenvalue weighted by molar-refractivity contribution is 7.89. The highest BCUT2D eigenvalue weighted by Crippen LogP contribution is 2.28. The lowest BCUT2D eigenvalue weighted by Gasteiger charge is -2.20. The molecule has 4 aromatic carbocycles. The van der Waals surface area contributed by atoms with E-state index < -0.39 is 22.0 Å². The van der Waals surface area contributed by atoms with Crippen molar-refractivity contribution in [3.05, 3.63) is 114 Å². The van der Waals surface area contributed by atoms with Gasteiger partial charge in [0.1, 0.15) is 28.2 Å². The summed E-state index contributed by atoms with van der Waals surface area (Å²) in [4.78, 5) is 13.1. The van der Waals surface area contributed by atoms with Gasteiger partial charge >= 0.3 is 0 Å². The molecule has 0 unspecified atom stereocenters. The molecule has 1 atom stereocenters. The van der Waals surface area contributed by atoms with Gasteiger partial charge in [-0.05, 0) is 66.6 Å². The van der Waals surface area contributed by atoms with Gasteiger partial charge in [0.25, 0.3) is 0 Å². The summed E-state index contributed by atoms with van der Waals surface area (Å²) in [5.41, 5.74) is 1.28. The van der Waals surface area contributed by atoms with E-state index in [9.17, 15) is 13.2 Å². The third kappa shape index (κ3) is 7.10. The summed E-state index contributed by atoms with van der Waals surface area (Å²) in [5, 5.41) is 3.01. The number of anilines is 1. The van der Waals surface area contributed by atoms with Crippen LogP contribution in [-0.4, -0.2) is 27.5 Å². The number of para-hydroxylation sites is 1. The Kier molecular flexibility index (Phi) is 8.45. The molecule has 1 amide bonds.